The van der Waals surface area contributed by atoms with Gasteiger partial charge in [-0.3, -0.25) is 0 Å². The highest BCUT2D eigenvalue weighted by molar-refractivity contribution is 6.34. The highest BCUT2D eigenvalue weighted by Gasteiger charge is 2.19. The summed E-state index contributed by atoms with van der Waals surface area (Å²) in [6, 6.07) is 7.98. The molecule has 3 nitrogen and oxygen atoms in total. The molecule has 0 spiro atoms. The molecule has 1 aromatic heterocycles. The molecule has 0 radical (unpaired) electrons. The Morgan fingerprint density at radius 2 is 2.21 bits per heavy atom. The van der Waals surface area contributed by atoms with Crippen LogP contribution in [0.15, 0.2) is 28.7 Å². The molecule has 0 amide bonds. The molecule has 0 saturated heterocycles. The minimum atomic E-state index is 0.142. The number of fused-ring (bicyclic) bond motifs is 1. The first kappa shape index (κ1) is 14.4. The van der Waals surface area contributed by atoms with Crippen molar-refractivity contribution in [2.45, 2.75) is 32.4 Å². The Labute approximate surface area is 118 Å². The third kappa shape index (κ3) is 3.30. The SMILES string of the molecule is CCNC(CC(C)OC)c1cc2cccc(Cl)c2o1. The first-order valence-corrected chi connectivity index (χ1v) is 6.97. The number of furan rings is 1. The summed E-state index contributed by atoms with van der Waals surface area (Å²) in [4.78, 5) is 0. The summed E-state index contributed by atoms with van der Waals surface area (Å²) in [5.41, 5.74) is 0.757. The Kier molecular flexibility index (Phi) is 4.86. The molecule has 104 valence electrons. The maximum atomic E-state index is 6.15. The zero-order valence-corrected chi connectivity index (χ0v) is 12.3. The van der Waals surface area contributed by atoms with E-state index in [2.05, 4.69) is 25.2 Å². The maximum Gasteiger partial charge on any atom is 0.152 e. The third-order valence-electron chi connectivity index (χ3n) is 3.28. The fourth-order valence-corrected chi connectivity index (χ4v) is 2.41. The van der Waals surface area contributed by atoms with Crippen LogP contribution >= 0.6 is 11.6 Å². The molecule has 19 heavy (non-hydrogen) atoms. The number of rotatable bonds is 6. The van der Waals surface area contributed by atoms with Crippen molar-refractivity contribution in [3.8, 4) is 0 Å². The standard InChI is InChI=1S/C15H20ClNO2/c1-4-17-13(8-10(2)18-3)14-9-11-6-5-7-12(16)15(11)19-14/h5-7,9-10,13,17H,4,8H2,1-3H3. The van der Waals surface area contributed by atoms with Crippen molar-refractivity contribution < 1.29 is 9.15 Å². The number of hydrogen-bond acceptors (Lipinski definition) is 3. The van der Waals surface area contributed by atoms with Gasteiger partial charge in [-0.2, -0.15) is 0 Å². The molecule has 1 heterocycles. The van der Waals surface area contributed by atoms with Crippen LogP contribution in [0.4, 0.5) is 0 Å². The molecule has 2 atom stereocenters. The van der Waals surface area contributed by atoms with Gasteiger partial charge in [0.05, 0.1) is 17.2 Å². The summed E-state index contributed by atoms with van der Waals surface area (Å²) < 4.78 is 11.2. The summed E-state index contributed by atoms with van der Waals surface area (Å²) in [5, 5.41) is 5.12. The maximum absolute atomic E-state index is 6.15. The lowest BCUT2D eigenvalue weighted by molar-refractivity contribution is 0.0980. The van der Waals surface area contributed by atoms with Crippen molar-refractivity contribution in [3.63, 3.8) is 0 Å². The van der Waals surface area contributed by atoms with Gasteiger partial charge in [-0.15, -0.1) is 0 Å². The zero-order valence-electron chi connectivity index (χ0n) is 11.6. The molecule has 0 aliphatic rings. The van der Waals surface area contributed by atoms with Gasteiger partial charge in [0.25, 0.3) is 0 Å². The average Bonchev–Trinajstić information content (AvgIpc) is 2.83. The highest BCUT2D eigenvalue weighted by atomic mass is 35.5. The van der Waals surface area contributed by atoms with Crippen LogP contribution in [-0.2, 0) is 4.74 Å². The van der Waals surface area contributed by atoms with Gasteiger partial charge in [0.1, 0.15) is 5.76 Å². The molecular formula is C15H20ClNO2. The van der Waals surface area contributed by atoms with E-state index in [4.69, 9.17) is 20.8 Å². The molecular weight excluding hydrogens is 262 g/mol. The average molecular weight is 282 g/mol. The Bertz CT molecular complexity index is 538. The van der Waals surface area contributed by atoms with E-state index in [-0.39, 0.29) is 12.1 Å². The van der Waals surface area contributed by atoms with E-state index >= 15 is 0 Å². The number of methoxy groups -OCH3 is 1. The van der Waals surface area contributed by atoms with Crippen molar-refractivity contribution in [1.82, 2.24) is 5.32 Å². The van der Waals surface area contributed by atoms with Crippen molar-refractivity contribution in [2.75, 3.05) is 13.7 Å². The number of hydrogen-bond donors (Lipinski definition) is 1. The van der Waals surface area contributed by atoms with Crippen LogP contribution < -0.4 is 5.32 Å². The molecule has 1 N–H and O–H groups in total. The smallest absolute Gasteiger partial charge is 0.152 e. The van der Waals surface area contributed by atoms with E-state index in [1.54, 1.807) is 7.11 Å². The number of halogens is 1. The lowest BCUT2D eigenvalue weighted by Crippen LogP contribution is -2.24. The van der Waals surface area contributed by atoms with E-state index in [9.17, 15) is 0 Å². The van der Waals surface area contributed by atoms with Gasteiger partial charge in [0, 0.05) is 12.5 Å². The van der Waals surface area contributed by atoms with Gasteiger partial charge in [-0.05, 0) is 32.0 Å². The summed E-state index contributed by atoms with van der Waals surface area (Å²) >= 11 is 6.15. The van der Waals surface area contributed by atoms with Crippen LogP contribution in [0.3, 0.4) is 0 Å². The number of nitrogens with one attached hydrogen (secondary N) is 1. The second-order valence-corrected chi connectivity index (χ2v) is 5.11. The van der Waals surface area contributed by atoms with Gasteiger partial charge in [-0.25, -0.2) is 0 Å². The van der Waals surface area contributed by atoms with E-state index in [1.807, 2.05) is 18.2 Å². The first-order valence-electron chi connectivity index (χ1n) is 6.59. The van der Waals surface area contributed by atoms with Gasteiger partial charge in [-0.1, -0.05) is 30.7 Å². The minimum absolute atomic E-state index is 0.142. The van der Waals surface area contributed by atoms with E-state index < -0.39 is 0 Å². The number of benzene rings is 1. The molecule has 2 aromatic rings. The molecule has 0 saturated carbocycles. The molecule has 1 aromatic carbocycles. The molecule has 2 rings (SSSR count). The van der Waals surface area contributed by atoms with Gasteiger partial charge >= 0.3 is 0 Å². The van der Waals surface area contributed by atoms with Crippen molar-refractivity contribution in [1.29, 1.82) is 0 Å². The minimum Gasteiger partial charge on any atom is -0.458 e. The van der Waals surface area contributed by atoms with Crippen LogP contribution in [0.25, 0.3) is 11.0 Å². The van der Waals surface area contributed by atoms with Crippen molar-refractivity contribution in [3.05, 3.63) is 35.0 Å². The second-order valence-electron chi connectivity index (χ2n) is 4.70. The fourth-order valence-electron chi connectivity index (χ4n) is 2.19. The highest BCUT2D eigenvalue weighted by Crippen LogP contribution is 2.31. The summed E-state index contributed by atoms with van der Waals surface area (Å²) in [7, 11) is 1.73. The summed E-state index contributed by atoms with van der Waals surface area (Å²) in [5.74, 6) is 0.911. The lowest BCUT2D eigenvalue weighted by atomic mass is 10.1. The molecule has 4 heteroatoms. The predicted molar refractivity (Wildman–Crippen MR) is 78.7 cm³/mol. The topological polar surface area (TPSA) is 34.4 Å². The van der Waals surface area contributed by atoms with Gasteiger partial charge in [0.15, 0.2) is 5.58 Å². The normalized spacial score (nSPS) is 14.7. The fraction of sp³-hybridized carbons (Fsp3) is 0.467. The van der Waals surface area contributed by atoms with Crippen LogP contribution in [0.1, 0.15) is 32.1 Å². The number of para-hydroxylation sites is 1. The van der Waals surface area contributed by atoms with E-state index in [0.29, 0.717) is 5.02 Å². The number of ether oxygens (including phenoxy) is 1. The van der Waals surface area contributed by atoms with E-state index in [0.717, 1.165) is 29.7 Å². The van der Waals surface area contributed by atoms with Crippen LogP contribution in [0.5, 0.6) is 0 Å². The van der Waals surface area contributed by atoms with Crippen molar-refractivity contribution in [2.24, 2.45) is 0 Å². The molecule has 0 aliphatic carbocycles. The summed E-state index contributed by atoms with van der Waals surface area (Å²) in [6.45, 7) is 5.02. The van der Waals surface area contributed by atoms with E-state index in [1.165, 1.54) is 0 Å². The largest absolute Gasteiger partial charge is 0.458 e. The molecule has 0 fully saturated rings. The van der Waals surface area contributed by atoms with Crippen molar-refractivity contribution >= 4 is 22.6 Å². The Balaban J connectivity index is 2.30. The predicted octanol–water partition coefficient (Wildman–Crippen LogP) is 4.16. The second kappa shape index (κ2) is 6.42. The van der Waals surface area contributed by atoms with Crippen LogP contribution in [0.2, 0.25) is 5.02 Å². The third-order valence-corrected chi connectivity index (χ3v) is 3.58. The van der Waals surface area contributed by atoms with Gasteiger partial charge in [0.2, 0.25) is 0 Å². The Morgan fingerprint density at radius 3 is 2.84 bits per heavy atom. The van der Waals surface area contributed by atoms with Gasteiger partial charge < -0.3 is 14.5 Å². The molecule has 0 bridgehead atoms. The van der Waals surface area contributed by atoms with Crippen LogP contribution in [0, 0.1) is 0 Å². The Morgan fingerprint density at radius 1 is 1.42 bits per heavy atom. The monoisotopic (exact) mass is 281 g/mol. The molecule has 0 aliphatic heterocycles. The van der Waals surface area contributed by atoms with Crippen LogP contribution in [-0.4, -0.2) is 19.8 Å². The summed E-state index contributed by atoms with van der Waals surface area (Å²) in [6.07, 6.45) is 1.04. The molecule has 2 unspecified atom stereocenters. The zero-order chi connectivity index (χ0) is 13.8. The first-order chi connectivity index (χ1) is 9.15. The quantitative estimate of drug-likeness (QED) is 0.863. The Hall–Kier alpha value is -1.03. The lowest BCUT2D eigenvalue weighted by Gasteiger charge is -2.19.